The molecule has 2 aromatic rings. The van der Waals surface area contributed by atoms with Gasteiger partial charge in [0.1, 0.15) is 17.3 Å². The number of likely N-dealkylation sites (tertiary alicyclic amines) is 1. The third-order valence-corrected chi connectivity index (χ3v) is 6.08. The van der Waals surface area contributed by atoms with Crippen molar-refractivity contribution < 1.29 is 27.1 Å². The lowest BCUT2D eigenvalue weighted by molar-refractivity contribution is -0.129. The zero-order valence-corrected chi connectivity index (χ0v) is 16.9. The molecule has 0 N–H and O–H groups in total. The molecule has 152 valence electrons. The van der Waals surface area contributed by atoms with Crippen LogP contribution in [-0.4, -0.2) is 62.5 Å². The van der Waals surface area contributed by atoms with Gasteiger partial charge in [-0.05, 0) is 37.0 Å². The third kappa shape index (κ3) is 4.27. The van der Waals surface area contributed by atoms with Crippen LogP contribution < -0.4 is 9.47 Å². The molecule has 0 saturated carbocycles. The van der Waals surface area contributed by atoms with Gasteiger partial charge in [0.15, 0.2) is 0 Å². The van der Waals surface area contributed by atoms with E-state index in [1.54, 1.807) is 23.1 Å². The molecule has 10 heteroatoms. The van der Waals surface area contributed by atoms with Crippen LogP contribution in [0.4, 0.5) is 0 Å². The molecule has 1 aromatic carbocycles. The van der Waals surface area contributed by atoms with Crippen molar-refractivity contribution in [2.24, 2.45) is 5.92 Å². The van der Waals surface area contributed by atoms with Crippen molar-refractivity contribution in [2.75, 3.05) is 33.1 Å². The molecular formula is C18H23N3O6S. The lowest BCUT2D eigenvalue weighted by Gasteiger charge is -2.30. The van der Waals surface area contributed by atoms with Crippen molar-refractivity contribution in [3.8, 4) is 23.0 Å². The molecule has 0 unspecified atom stereocenters. The average Bonchev–Trinajstić information content (AvgIpc) is 3.18. The number of aromatic nitrogens is 2. The van der Waals surface area contributed by atoms with Gasteiger partial charge in [0.2, 0.25) is 15.7 Å². The largest absolute Gasteiger partial charge is 0.497 e. The van der Waals surface area contributed by atoms with E-state index in [1.165, 1.54) is 14.2 Å². The van der Waals surface area contributed by atoms with Crippen LogP contribution in [0.1, 0.15) is 19.8 Å². The monoisotopic (exact) mass is 409 g/mol. The Kier molecular flexibility index (Phi) is 5.87. The number of rotatable bonds is 6. The Morgan fingerprint density at radius 3 is 2.57 bits per heavy atom. The molecule has 1 aliphatic heterocycles. The van der Waals surface area contributed by atoms with Gasteiger partial charge in [0.05, 0.1) is 19.8 Å². The van der Waals surface area contributed by atoms with Gasteiger partial charge in [-0.15, -0.1) is 5.10 Å². The summed E-state index contributed by atoms with van der Waals surface area (Å²) in [4.78, 5) is 13.9. The highest BCUT2D eigenvalue weighted by Gasteiger charge is 2.30. The summed E-state index contributed by atoms with van der Waals surface area (Å²) >= 11 is 0. The molecule has 1 amide bonds. The van der Waals surface area contributed by atoms with Crippen LogP contribution in [0.3, 0.4) is 0 Å². The number of ether oxygens (including phenoxy) is 2. The lowest BCUT2D eigenvalue weighted by atomic mass is 9.99. The van der Waals surface area contributed by atoms with Gasteiger partial charge < -0.3 is 18.8 Å². The minimum Gasteiger partial charge on any atom is -0.497 e. The van der Waals surface area contributed by atoms with Gasteiger partial charge in [-0.1, -0.05) is 12.0 Å². The highest BCUT2D eigenvalue weighted by molar-refractivity contribution is 7.91. The van der Waals surface area contributed by atoms with Crippen molar-refractivity contribution in [1.82, 2.24) is 15.1 Å². The summed E-state index contributed by atoms with van der Waals surface area (Å²) in [5.41, 5.74) is 0.396. The summed E-state index contributed by atoms with van der Waals surface area (Å²) in [6.45, 7) is 3.24. The van der Waals surface area contributed by atoms with Crippen molar-refractivity contribution in [3.05, 3.63) is 18.2 Å². The smallest absolute Gasteiger partial charge is 0.336 e. The number of amides is 1. The lowest BCUT2D eigenvalue weighted by Crippen LogP contribution is -2.41. The summed E-state index contributed by atoms with van der Waals surface area (Å²) in [6.07, 6.45) is 1.73. The van der Waals surface area contributed by atoms with Gasteiger partial charge in [0, 0.05) is 13.1 Å². The number of piperidine rings is 1. The first-order valence-corrected chi connectivity index (χ1v) is 10.6. The second kappa shape index (κ2) is 8.17. The Hall–Kier alpha value is -2.62. The number of sulfone groups is 1. The first-order valence-electron chi connectivity index (χ1n) is 8.90. The maximum absolute atomic E-state index is 12.6. The highest BCUT2D eigenvalue weighted by atomic mass is 32.2. The van der Waals surface area contributed by atoms with E-state index < -0.39 is 26.7 Å². The van der Waals surface area contributed by atoms with E-state index in [9.17, 15) is 13.2 Å². The fourth-order valence-electron chi connectivity index (χ4n) is 3.00. The normalized spacial score (nSPS) is 15.5. The van der Waals surface area contributed by atoms with Gasteiger partial charge in [-0.3, -0.25) is 4.79 Å². The van der Waals surface area contributed by atoms with Gasteiger partial charge in [0.25, 0.3) is 5.89 Å². The topological polar surface area (TPSA) is 112 Å². The van der Waals surface area contributed by atoms with Crippen LogP contribution >= 0.6 is 0 Å². The summed E-state index contributed by atoms with van der Waals surface area (Å²) in [5, 5.41) is 6.85. The molecule has 28 heavy (non-hydrogen) atoms. The predicted molar refractivity (Wildman–Crippen MR) is 99.9 cm³/mol. The van der Waals surface area contributed by atoms with E-state index in [4.69, 9.17) is 13.9 Å². The van der Waals surface area contributed by atoms with E-state index >= 15 is 0 Å². The maximum Gasteiger partial charge on any atom is 0.336 e. The number of benzene rings is 1. The summed E-state index contributed by atoms with van der Waals surface area (Å²) < 4.78 is 40.9. The Bertz CT molecular complexity index is 948. The molecule has 2 heterocycles. The molecule has 1 fully saturated rings. The van der Waals surface area contributed by atoms with Crippen molar-refractivity contribution in [2.45, 2.75) is 25.0 Å². The van der Waals surface area contributed by atoms with E-state index in [0.717, 1.165) is 12.8 Å². The third-order valence-electron chi connectivity index (χ3n) is 4.76. The molecule has 1 saturated heterocycles. The number of carbonyl (C=O) groups excluding carboxylic acids is 1. The summed E-state index contributed by atoms with van der Waals surface area (Å²) in [6, 6.07) is 4.94. The van der Waals surface area contributed by atoms with Crippen LogP contribution in [0, 0.1) is 5.92 Å². The second-order valence-corrected chi connectivity index (χ2v) is 8.63. The predicted octanol–water partition coefficient (Wildman–Crippen LogP) is 1.79. The van der Waals surface area contributed by atoms with E-state index in [2.05, 4.69) is 17.1 Å². The number of hydrogen-bond donors (Lipinski definition) is 0. The first kappa shape index (κ1) is 20.1. The molecule has 0 aliphatic carbocycles. The standard InChI is InChI=1S/C18H23N3O6S/c1-12-6-8-21(9-7-12)16(22)11-28(23,24)18-20-19-17(27-18)14-10-13(25-2)4-5-15(14)26-3/h4-5,10,12H,6-9,11H2,1-3H3. The van der Waals surface area contributed by atoms with E-state index in [-0.39, 0.29) is 5.89 Å². The zero-order valence-electron chi connectivity index (χ0n) is 16.0. The second-order valence-electron chi connectivity index (χ2n) is 6.76. The molecule has 0 radical (unpaired) electrons. The summed E-state index contributed by atoms with van der Waals surface area (Å²) in [5.74, 6) is 0.300. The molecule has 1 aliphatic rings. The molecule has 1 aromatic heterocycles. The molecule has 0 bridgehead atoms. The van der Waals surface area contributed by atoms with Crippen LogP contribution in [0.2, 0.25) is 0 Å². The summed E-state index contributed by atoms with van der Waals surface area (Å²) in [7, 11) is -1.08. The SMILES string of the molecule is COc1ccc(OC)c(-c2nnc(S(=O)(=O)CC(=O)N3CCC(C)CC3)o2)c1. The number of carbonyl (C=O) groups is 1. The van der Waals surface area contributed by atoms with E-state index in [0.29, 0.717) is 36.1 Å². The number of nitrogens with zero attached hydrogens (tertiary/aromatic N) is 3. The van der Waals surface area contributed by atoms with Crippen LogP contribution in [0.5, 0.6) is 11.5 Å². The zero-order chi connectivity index (χ0) is 20.3. The number of methoxy groups -OCH3 is 2. The van der Waals surface area contributed by atoms with Crippen molar-refractivity contribution in [3.63, 3.8) is 0 Å². The number of hydrogen-bond acceptors (Lipinski definition) is 8. The molecule has 3 rings (SSSR count). The quantitative estimate of drug-likeness (QED) is 0.710. The fraction of sp³-hybridized carbons (Fsp3) is 0.500. The first-order chi connectivity index (χ1) is 13.3. The molecule has 0 spiro atoms. The Balaban J connectivity index is 1.80. The Labute approximate surface area is 163 Å². The highest BCUT2D eigenvalue weighted by Crippen LogP contribution is 2.33. The Morgan fingerprint density at radius 1 is 1.21 bits per heavy atom. The molecule has 9 nitrogen and oxygen atoms in total. The Morgan fingerprint density at radius 2 is 1.93 bits per heavy atom. The average molecular weight is 409 g/mol. The maximum atomic E-state index is 12.6. The van der Waals surface area contributed by atoms with Gasteiger partial charge in [-0.2, -0.15) is 0 Å². The van der Waals surface area contributed by atoms with Crippen molar-refractivity contribution >= 4 is 15.7 Å². The minimum absolute atomic E-state index is 0.0337. The van der Waals surface area contributed by atoms with Crippen molar-refractivity contribution in [1.29, 1.82) is 0 Å². The molecule has 0 atom stereocenters. The molecular weight excluding hydrogens is 386 g/mol. The van der Waals surface area contributed by atoms with E-state index in [1.807, 2.05) is 0 Å². The van der Waals surface area contributed by atoms with Gasteiger partial charge >= 0.3 is 5.22 Å². The van der Waals surface area contributed by atoms with Crippen LogP contribution in [0.15, 0.2) is 27.8 Å². The van der Waals surface area contributed by atoms with Crippen LogP contribution in [0.25, 0.3) is 11.5 Å². The minimum atomic E-state index is -4.05. The van der Waals surface area contributed by atoms with Gasteiger partial charge in [-0.25, -0.2) is 8.42 Å². The van der Waals surface area contributed by atoms with Crippen LogP contribution in [-0.2, 0) is 14.6 Å². The fourth-order valence-corrected chi connectivity index (χ4v) is 4.00.